The lowest BCUT2D eigenvalue weighted by atomic mass is 10.2. The maximum atomic E-state index is 6.20. The first-order valence-corrected chi connectivity index (χ1v) is 10.7. The van der Waals surface area contributed by atoms with Crippen LogP contribution < -0.4 is 30.3 Å². The Morgan fingerprint density at radius 2 is 2.03 bits per heavy atom. The molecule has 8 nitrogen and oxygen atoms in total. The number of fused-ring (bicyclic) bond motifs is 2. The number of ether oxygens (including phenoxy) is 2. The summed E-state index contributed by atoms with van der Waals surface area (Å²) in [6.45, 7) is 8.51. The third-order valence-corrected chi connectivity index (χ3v) is 6.56. The molecule has 2 aliphatic heterocycles. The van der Waals surface area contributed by atoms with Gasteiger partial charge in [-0.3, -0.25) is 0 Å². The molecule has 1 aromatic heterocycles. The zero-order valence-electron chi connectivity index (χ0n) is 17.3. The topological polar surface area (TPSA) is 88.8 Å². The van der Waals surface area contributed by atoms with Crippen LogP contribution in [-0.4, -0.2) is 48.4 Å². The van der Waals surface area contributed by atoms with Crippen molar-refractivity contribution >= 4 is 29.1 Å². The van der Waals surface area contributed by atoms with E-state index < -0.39 is 0 Å². The quantitative estimate of drug-likeness (QED) is 0.661. The monoisotopic (exact) mass is 416 g/mol. The van der Waals surface area contributed by atoms with E-state index in [1.807, 2.05) is 13.1 Å². The molecule has 3 heterocycles. The minimum absolute atomic E-state index is 0.0297. The lowest BCUT2D eigenvalue weighted by Crippen LogP contribution is -2.40. The molecule has 0 fully saturated rings. The number of nitrogens with zero attached hydrogens (tertiary/aromatic N) is 4. The van der Waals surface area contributed by atoms with Gasteiger partial charge in [0, 0.05) is 24.5 Å². The van der Waals surface area contributed by atoms with Crippen LogP contribution >= 0.6 is 11.8 Å². The van der Waals surface area contributed by atoms with Gasteiger partial charge in [-0.25, -0.2) is 9.97 Å². The molecule has 1 aromatic carbocycles. The van der Waals surface area contributed by atoms with Crippen molar-refractivity contribution in [2.45, 2.75) is 43.6 Å². The number of benzene rings is 1. The van der Waals surface area contributed by atoms with Gasteiger partial charge in [0.2, 0.25) is 6.79 Å². The summed E-state index contributed by atoms with van der Waals surface area (Å²) >= 11 is 1.76. The van der Waals surface area contributed by atoms with E-state index in [2.05, 4.69) is 51.9 Å². The Hall–Kier alpha value is -2.39. The van der Waals surface area contributed by atoms with E-state index in [-0.39, 0.29) is 12.3 Å². The lowest BCUT2D eigenvalue weighted by Gasteiger charge is -2.30. The van der Waals surface area contributed by atoms with Crippen molar-refractivity contribution in [2.75, 3.05) is 42.5 Å². The number of rotatable bonds is 7. The number of nitrogen functional groups attached to an aromatic ring is 1. The zero-order chi connectivity index (χ0) is 20.5. The first-order chi connectivity index (χ1) is 14.0. The average Bonchev–Trinajstić information content (AvgIpc) is 3.23. The zero-order valence-corrected chi connectivity index (χ0v) is 18.1. The summed E-state index contributed by atoms with van der Waals surface area (Å²) in [6, 6.07) is 4.58. The van der Waals surface area contributed by atoms with Gasteiger partial charge in [0.15, 0.2) is 28.6 Å². The highest BCUT2D eigenvalue weighted by Gasteiger charge is 2.37. The highest BCUT2D eigenvalue weighted by atomic mass is 32.2. The highest BCUT2D eigenvalue weighted by Crippen LogP contribution is 2.47. The molecule has 9 heteroatoms. The molecule has 0 spiro atoms. The van der Waals surface area contributed by atoms with Gasteiger partial charge >= 0.3 is 0 Å². The number of thioether (sulfide) groups is 1. The fourth-order valence-corrected chi connectivity index (χ4v) is 4.86. The van der Waals surface area contributed by atoms with Crippen molar-refractivity contribution in [1.82, 2.24) is 15.3 Å². The molecule has 4 rings (SSSR count). The summed E-state index contributed by atoms with van der Waals surface area (Å²) in [5.41, 5.74) is 8.28. The smallest absolute Gasteiger partial charge is 0.231 e. The fraction of sp³-hybridized carbons (Fsp3) is 0.500. The number of aromatic nitrogens is 2. The van der Waals surface area contributed by atoms with Crippen molar-refractivity contribution < 1.29 is 9.47 Å². The SMILES string of the molecule is Cc1cc2c(cc1SC1N(C)c3c(N)ncnc3N1CCCNC(C)C)OCO2. The molecule has 2 aliphatic rings. The Morgan fingerprint density at radius 3 is 2.79 bits per heavy atom. The molecule has 2 aromatic rings. The number of hydrogen-bond acceptors (Lipinski definition) is 9. The third-order valence-electron chi connectivity index (χ3n) is 5.08. The van der Waals surface area contributed by atoms with E-state index in [9.17, 15) is 0 Å². The standard InChI is InChI=1S/C20H28N6O2S/c1-12(2)22-6-5-7-26-19-17(18(21)23-10-24-19)25(4)20(26)29-16-9-15-14(8-13(16)3)27-11-28-15/h8-10,12,20,22H,5-7,11H2,1-4H3,(H2,21,23,24). The largest absolute Gasteiger partial charge is 0.454 e. The normalized spacial score (nSPS) is 17.3. The second-order valence-corrected chi connectivity index (χ2v) is 8.71. The molecule has 0 saturated heterocycles. The number of nitrogens with two attached hydrogens (primary N) is 1. The second-order valence-electron chi connectivity index (χ2n) is 7.61. The van der Waals surface area contributed by atoms with Gasteiger partial charge in [0.25, 0.3) is 0 Å². The highest BCUT2D eigenvalue weighted by molar-refractivity contribution is 8.00. The molecule has 29 heavy (non-hydrogen) atoms. The molecule has 3 N–H and O–H groups in total. The van der Waals surface area contributed by atoms with Gasteiger partial charge < -0.3 is 30.3 Å². The van der Waals surface area contributed by atoms with Crippen LogP contribution in [0, 0.1) is 6.92 Å². The summed E-state index contributed by atoms with van der Waals surface area (Å²) < 4.78 is 11.1. The first-order valence-electron chi connectivity index (χ1n) is 9.86. The van der Waals surface area contributed by atoms with Gasteiger partial charge in [0.05, 0.1) is 0 Å². The summed E-state index contributed by atoms with van der Waals surface area (Å²) in [5.74, 6) is 3.00. The van der Waals surface area contributed by atoms with E-state index in [1.54, 1.807) is 18.1 Å². The van der Waals surface area contributed by atoms with Crippen molar-refractivity contribution in [3.05, 3.63) is 24.0 Å². The van der Waals surface area contributed by atoms with Crippen molar-refractivity contribution in [2.24, 2.45) is 0 Å². The second kappa shape index (κ2) is 8.16. The van der Waals surface area contributed by atoms with Crippen LogP contribution in [0.3, 0.4) is 0 Å². The minimum Gasteiger partial charge on any atom is -0.454 e. The van der Waals surface area contributed by atoms with Crippen molar-refractivity contribution in [3.8, 4) is 11.5 Å². The summed E-state index contributed by atoms with van der Waals surface area (Å²) in [4.78, 5) is 14.4. The average molecular weight is 417 g/mol. The first kappa shape index (κ1) is 19.9. The van der Waals surface area contributed by atoms with Gasteiger partial charge in [-0.15, -0.1) is 0 Å². The Kier molecular flexibility index (Phi) is 5.60. The Labute approximate surface area is 175 Å². The minimum atomic E-state index is 0.0297. The fourth-order valence-electron chi connectivity index (χ4n) is 3.62. The predicted octanol–water partition coefficient (Wildman–Crippen LogP) is 2.82. The van der Waals surface area contributed by atoms with Crippen LogP contribution in [0.5, 0.6) is 11.5 Å². The van der Waals surface area contributed by atoms with Crippen LogP contribution in [0.2, 0.25) is 0 Å². The molecule has 156 valence electrons. The number of hydrogen-bond donors (Lipinski definition) is 2. The van der Waals surface area contributed by atoms with Crippen LogP contribution in [0.4, 0.5) is 17.3 Å². The van der Waals surface area contributed by atoms with E-state index in [0.717, 1.165) is 53.0 Å². The van der Waals surface area contributed by atoms with Gasteiger partial charge in [-0.1, -0.05) is 25.6 Å². The number of nitrogens with one attached hydrogen (secondary N) is 1. The van der Waals surface area contributed by atoms with E-state index in [4.69, 9.17) is 15.2 Å². The molecule has 0 aliphatic carbocycles. The van der Waals surface area contributed by atoms with Crippen LogP contribution in [0.15, 0.2) is 23.4 Å². The van der Waals surface area contributed by atoms with Crippen molar-refractivity contribution in [1.29, 1.82) is 0 Å². The number of anilines is 3. The Morgan fingerprint density at radius 1 is 1.28 bits per heavy atom. The predicted molar refractivity (Wildman–Crippen MR) is 117 cm³/mol. The maximum absolute atomic E-state index is 6.20. The molecule has 1 unspecified atom stereocenters. The van der Waals surface area contributed by atoms with E-state index in [1.165, 1.54) is 0 Å². The molecule has 0 amide bonds. The molecular formula is C20H28N6O2S. The van der Waals surface area contributed by atoms with Crippen LogP contribution in [-0.2, 0) is 0 Å². The molecular weight excluding hydrogens is 388 g/mol. The third kappa shape index (κ3) is 3.89. The van der Waals surface area contributed by atoms with E-state index >= 15 is 0 Å². The molecule has 0 saturated carbocycles. The lowest BCUT2D eigenvalue weighted by molar-refractivity contribution is 0.174. The number of aryl methyl sites for hydroxylation is 1. The summed E-state index contributed by atoms with van der Waals surface area (Å²) in [6.07, 6.45) is 2.55. The molecule has 0 radical (unpaired) electrons. The van der Waals surface area contributed by atoms with Crippen LogP contribution in [0.1, 0.15) is 25.8 Å². The van der Waals surface area contributed by atoms with Gasteiger partial charge in [0.1, 0.15) is 12.0 Å². The summed E-state index contributed by atoms with van der Waals surface area (Å²) in [5, 5.41) is 3.48. The molecule has 0 bridgehead atoms. The maximum Gasteiger partial charge on any atom is 0.231 e. The Bertz CT molecular complexity index is 894. The summed E-state index contributed by atoms with van der Waals surface area (Å²) in [7, 11) is 2.05. The Balaban J connectivity index is 1.59. The van der Waals surface area contributed by atoms with E-state index in [0.29, 0.717) is 11.9 Å². The van der Waals surface area contributed by atoms with Gasteiger partial charge in [-0.2, -0.15) is 0 Å². The van der Waals surface area contributed by atoms with Crippen LogP contribution in [0.25, 0.3) is 0 Å². The van der Waals surface area contributed by atoms with Gasteiger partial charge in [-0.05, 0) is 37.6 Å². The molecule has 1 atom stereocenters. The van der Waals surface area contributed by atoms with Crippen molar-refractivity contribution in [3.63, 3.8) is 0 Å².